The third-order valence-corrected chi connectivity index (χ3v) is 5.43. The zero-order valence-corrected chi connectivity index (χ0v) is 19.9. The van der Waals surface area contributed by atoms with Gasteiger partial charge in [0.2, 0.25) is 11.7 Å². The van der Waals surface area contributed by atoms with E-state index in [4.69, 9.17) is 27.8 Å². The van der Waals surface area contributed by atoms with Crippen LogP contribution in [-0.2, 0) is 10.9 Å². The van der Waals surface area contributed by atoms with Gasteiger partial charge in [-0.25, -0.2) is 10.5 Å². The number of ether oxygens (including phenoxy) is 4. The minimum absolute atomic E-state index is 0.321. The maximum atomic E-state index is 6.09. The van der Waals surface area contributed by atoms with Crippen LogP contribution < -0.4 is 28.7 Å². The molecule has 2 aromatic heterocycles. The Bertz CT molecular complexity index is 1250. The van der Waals surface area contributed by atoms with E-state index in [0.29, 0.717) is 52.2 Å². The van der Waals surface area contributed by atoms with Gasteiger partial charge >= 0.3 is 0 Å². The van der Waals surface area contributed by atoms with Crippen LogP contribution in [0.5, 0.6) is 23.1 Å². The van der Waals surface area contributed by atoms with Crippen molar-refractivity contribution in [1.82, 2.24) is 10.1 Å². The zero-order valence-electron chi connectivity index (χ0n) is 19.1. The van der Waals surface area contributed by atoms with Crippen LogP contribution in [0.4, 0.5) is 11.5 Å². The Labute approximate surface area is 201 Å². The summed E-state index contributed by atoms with van der Waals surface area (Å²) in [7, 11) is 6.58. The highest BCUT2D eigenvalue weighted by Gasteiger charge is 2.18. The molecule has 178 valence electrons. The zero-order chi connectivity index (χ0) is 23.9. The molecule has 0 aliphatic rings. The smallest absolute Gasteiger partial charge is 0.213 e. The van der Waals surface area contributed by atoms with Crippen molar-refractivity contribution in [3.63, 3.8) is 0 Å². The number of rotatable bonds is 11. The summed E-state index contributed by atoms with van der Waals surface area (Å²) >= 11 is 1.03. The number of pyridine rings is 1. The third-order valence-electron chi connectivity index (χ3n) is 4.87. The van der Waals surface area contributed by atoms with E-state index in [1.807, 2.05) is 49.5 Å². The lowest BCUT2D eigenvalue weighted by Gasteiger charge is -2.22. The fourth-order valence-electron chi connectivity index (χ4n) is 3.26. The summed E-state index contributed by atoms with van der Waals surface area (Å²) in [5.41, 5.74) is 5.00. The number of nitrogens with zero attached hydrogens (tertiary/aromatic N) is 3. The molecule has 0 fully saturated rings. The molecular formula is C23H24N4O6S. The van der Waals surface area contributed by atoms with Crippen molar-refractivity contribution in [2.45, 2.75) is 6.61 Å². The highest BCUT2D eigenvalue weighted by molar-refractivity contribution is 7.96. The largest absolute Gasteiger partial charge is 0.496 e. The fraction of sp³-hybridized carbons (Fsp3) is 0.217. The summed E-state index contributed by atoms with van der Waals surface area (Å²) in [4.78, 5) is 4.12. The van der Waals surface area contributed by atoms with Crippen molar-refractivity contribution in [1.29, 1.82) is 0 Å². The summed E-state index contributed by atoms with van der Waals surface area (Å²) in [6.07, 6.45) is 1.67. The Morgan fingerprint density at radius 1 is 0.971 bits per heavy atom. The lowest BCUT2D eigenvalue weighted by Crippen LogP contribution is -2.12. The molecule has 0 spiro atoms. The predicted octanol–water partition coefficient (Wildman–Crippen LogP) is 4.87. The Kier molecular flexibility index (Phi) is 7.45. The van der Waals surface area contributed by atoms with Crippen molar-refractivity contribution < 1.29 is 27.8 Å². The van der Waals surface area contributed by atoms with Crippen LogP contribution in [0.2, 0.25) is 0 Å². The predicted molar refractivity (Wildman–Crippen MR) is 129 cm³/mol. The third kappa shape index (κ3) is 5.05. The molecule has 2 aromatic carbocycles. The minimum atomic E-state index is 0.321. The van der Waals surface area contributed by atoms with Crippen LogP contribution in [0, 0.1) is 0 Å². The van der Waals surface area contributed by atoms with Gasteiger partial charge in [0.15, 0.2) is 5.58 Å². The van der Waals surface area contributed by atoms with Gasteiger partial charge in [-0.15, -0.1) is 0 Å². The van der Waals surface area contributed by atoms with Crippen LogP contribution in [0.15, 0.2) is 59.3 Å². The summed E-state index contributed by atoms with van der Waals surface area (Å²) < 4.78 is 34.9. The van der Waals surface area contributed by atoms with Gasteiger partial charge in [0.05, 0.1) is 21.3 Å². The van der Waals surface area contributed by atoms with Crippen LogP contribution in [0.25, 0.3) is 11.0 Å². The molecule has 10 nitrogen and oxygen atoms in total. The van der Waals surface area contributed by atoms with Crippen LogP contribution in [-0.4, -0.2) is 38.5 Å². The first-order valence-corrected chi connectivity index (χ1v) is 10.9. The van der Waals surface area contributed by atoms with Crippen molar-refractivity contribution in [3.8, 4) is 23.1 Å². The standard InChI is InChI=1S/C23H24N4O6S/c1-27(34-33-26-23-21-16(28-2)7-5-8-17(21)32-25-23)22-18(29-3)9-6-10-19(22)31-14-15-11-12-24-20(13-15)30-4/h5-13H,14H2,1-4H3,(H,25,26). The van der Waals surface area contributed by atoms with E-state index in [0.717, 1.165) is 17.8 Å². The van der Waals surface area contributed by atoms with E-state index in [2.05, 4.69) is 15.6 Å². The molecule has 0 atom stereocenters. The molecule has 2 heterocycles. The van der Waals surface area contributed by atoms with Crippen LogP contribution >= 0.6 is 12.2 Å². The molecule has 34 heavy (non-hydrogen) atoms. The molecule has 0 aliphatic carbocycles. The number of methoxy groups -OCH3 is 3. The summed E-state index contributed by atoms with van der Waals surface area (Å²) in [5, 5.41) is 4.70. The first kappa shape index (κ1) is 23.3. The number of hydrogen-bond donors (Lipinski definition) is 1. The number of nitrogens with one attached hydrogen (secondary N) is 1. The molecular weight excluding hydrogens is 460 g/mol. The first-order valence-electron chi connectivity index (χ1n) is 10.2. The Morgan fingerprint density at radius 2 is 1.74 bits per heavy atom. The van der Waals surface area contributed by atoms with Crippen molar-refractivity contribution in [2.75, 3.05) is 38.2 Å². The molecule has 1 N–H and O–H groups in total. The van der Waals surface area contributed by atoms with E-state index in [1.54, 1.807) is 37.9 Å². The summed E-state index contributed by atoms with van der Waals surface area (Å²) in [6.45, 7) is 0.321. The SMILES string of the molecule is COc1cc(COc2cccc(OC)c2N(C)SONc2noc3cccc(OC)c23)ccn1. The van der Waals surface area contributed by atoms with Crippen molar-refractivity contribution >= 4 is 34.7 Å². The van der Waals surface area contributed by atoms with Gasteiger partial charge in [0.25, 0.3) is 0 Å². The number of benzene rings is 2. The molecule has 4 aromatic rings. The molecule has 0 saturated carbocycles. The van der Waals surface area contributed by atoms with Gasteiger partial charge in [0, 0.05) is 19.3 Å². The second kappa shape index (κ2) is 10.9. The second-order valence-electron chi connectivity index (χ2n) is 6.92. The van der Waals surface area contributed by atoms with Gasteiger partial charge in [-0.3, -0.25) is 4.31 Å². The van der Waals surface area contributed by atoms with Gasteiger partial charge in [0.1, 0.15) is 47.2 Å². The maximum Gasteiger partial charge on any atom is 0.213 e. The summed E-state index contributed by atoms with van der Waals surface area (Å²) in [5.74, 6) is 2.78. The normalized spacial score (nSPS) is 10.7. The molecule has 11 heteroatoms. The Balaban J connectivity index is 1.46. The number of para-hydroxylation sites is 1. The Morgan fingerprint density at radius 3 is 2.53 bits per heavy atom. The number of fused-ring (bicyclic) bond motifs is 1. The first-order chi connectivity index (χ1) is 16.6. The average Bonchev–Trinajstić information content (AvgIpc) is 3.30. The van der Waals surface area contributed by atoms with E-state index in [1.165, 1.54) is 0 Å². The highest BCUT2D eigenvalue weighted by atomic mass is 32.2. The molecule has 0 bridgehead atoms. The van der Waals surface area contributed by atoms with E-state index < -0.39 is 0 Å². The van der Waals surface area contributed by atoms with Crippen LogP contribution in [0.1, 0.15) is 5.56 Å². The van der Waals surface area contributed by atoms with Gasteiger partial charge in [-0.1, -0.05) is 17.3 Å². The quantitative estimate of drug-likeness (QED) is 0.179. The van der Waals surface area contributed by atoms with Crippen molar-refractivity contribution in [2.24, 2.45) is 0 Å². The van der Waals surface area contributed by atoms with Gasteiger partial charge in [-0.2, -0.15) is 4.28 Å². The fourth-order valence-corrected chi connectivity index (χ4v) is 3.74. The lowest BCUT2D eigenvalue weighted by atomic mass is 10.2. The highest BCUT2D eigenvalue weighted by Crippen LogP contribution is 2.41. The van der Waals surface area contributed by atoms with Crippen LogP contribution in [0.3, 0.4) is 0 Å². The molecule has 0 saturated heterocycles. The van der Waals surface area contributed by atoms with Gasteiger partial charge < -0.3 is 23.5 Å². The topological polar surface area (TPSA) is 100 Å². The molecule has 0 radical (unpaired) electrons. The summed E-state index contributed by atoms with van der Waals surface area (Å²) in [6, 6.07) is 14.7. The average molecular weight is 485 g/mol. The minimum Gasteiger partial charge on any atom is -0.496 e. The van der Waals surface area contributed by atoms with Gasteiger partial charge in [-0.05, 0) is 35.9 Å². The monoisotopic (exact) mass is 484 g/mol. The van der Waals surface area contributed by atoms with E-state index in [9.17, 15) is 0 Å². The number of hydrogen-bond acceptors (Lipinski definition) is 11. The van der Waals surface area contributed by atoms with E-state index in [-0.39, 0.29) is 0 Å². The number of anilines is 2. The molecule has 0 amide bonds. The lowest BCUT2D eigenvalue weighted by molar-refractivity contribution is 0.303. The second-order valence-corrected chi connectivity index (χ2v) is 7.79. The Hall–Kier alpha value is -3.83. The van der Waals surface area contributed by atoms with Crippen molar-refractivity contribution in [3.05, 3.63) is 60.3 Å². The molecule has 0 unspecified atom stereocenters. The molecule has 4 rings (SSSR count). The molecule has 0 aliphatic heterocycles. The maximum absolute atomic E-state index is 6.09. The van der Waals surface area contributed by atoms with E-state index >= 15 is 0 Å². The number of aromatic nitrogens is 2.